The minimum atomic E-state index is 0. The average molecular weight is 317 g/mol. The molecule has 0 aromatic rings. The third-order valence-corrected chi connectivity index (χ3v) is 0.586. The van der Waals surface area contributed by atoms with Gasteiger partial charge >= 0.3 is 0 Å². The Balaban J connectivity index is -0.0000000108. The molecule has 0 aromatic carbocycles. The van der Waals surface area contributed by atoms with Crippen LogP contribution >= 0.6 is 0 Å². The fourth-order valence-corrected chi connectivity index (χ4v) is 0.340. The Morgan fingerprint density at radius 3 is 1.00 bits per heavy atom. The summed E-state index contributed by atoms with van der Waals surface area (Å²) in [6.07, 6.45) is 16.0. The third kappa shape index (κ3) is 199. The van der Waals surface area contributed by atoms with Gasteiger partial charge in [0, 0.05) is 21.7 Å². The Bertz CT molecular complexity index is 89.6. The summed E-state index contributed by atoms with van der Waals surface area (Å²) in [6, 6.07) is 0. The Labute approximate surface area is 150 Å². The van der Waals surface area contributed by atoms with E-state index in [-0.39, 0.29) is 58.9 Å². The standard InChI is InChI=1S/C5H5.3C3H7.5CH3.Ti/c1-2-4-5-3-1;3*1-3-2;;;;;;/h1-3H,4H2;3*3H,1-2H3;5*1H3;/q9*-1;. The molecular formula is C19H41Ti-9. The fourth-order valence-electron chi connectivity index (χ4n) is 0.340. The van der Waals surface area contributed by atoms with Crippen LogP contribution < -0.4 is 0 Å². The second-order valence-corrected chi connectivity index (χ2v) is 2.74. The van der Waals surface area contributed by atoms with E-state index in [0.717, 1.165) is 6.42 Å². The summed E-state index contributed by atoms with van der Waals surface area (Å²) in [5.74, 6) is 0. The molecule has 0 aromatic heterocycles. The summed E-state index contributed by atoms with van der Waals surface area (Å²) in [6.45, 7) is 12.0. The van der Waals surface area contributed by atoms with Gasteiger partial charge in [-0.25, -0.2) is 12.2 Å². The first kappa shape index (κ1) is 59.4. The van der Waals surface area contributed by atoms with Gasteiger partial charge < -0.3 is 56.4 Å². The van der Waals surface area contributed by atoms with E-state index in [1.54, 1.807) is 0 Å². The molecule has 0 amide bonds. The van der Waals surface area contributed by atoms with Crippen molar-refractivity contribution in [3.05, 3.63) is 80.7 Å². The molecule has 0 bridgehead atoms. The Morgan fingerprint density at radius 2 is 0.950 bits per heavy atom. The molecule has 0 radical (unpaired) electrons. The first-order valence-electron chi connectivity index (χ1n) is 5.18. The molecule has 0 heterocycles. The third-order valence-electron chi connectivity index (χ3n) is 0.586. The van der Waals surface area contributed by atoms with Crippen molar-refractivity contribution in [3.8, 4) is 0 Å². The van der Waals surface area contributed by atoms with Crippen molar-refractivity contribution in [3.63, 3.8) is 0 Å². The predicted molar refractivity (Wildman–Crippen MR) is 101 cm³/mol. The van der Waals surface area contributed by atoms with Gasteiger partial charge in [0.15, 0.2) is 0 Å². The molecule has 0 saturated heterocycles. The Hall–Kier alpha value is 0.194. The number of hydrogen-bond donors (Lipinski definition) is 0. The molecule has 130 valence electrons. The maximum Gasteiger partial charge on any atom is 0 e. The van der Waals surface area contributed by atoms with Crippen LogP contribution in [0.15, 0.2) is 18.2 Å². The number of rotatable bonds is 0. The number of hydrogen-bond acceptors (Lipinski definition) is 0. The minimum absolute atomic E-state index is 0. The molecule has 0 nitrogen and oxygen atoms in total. The van der Waals surface area contributed by atoms with E-state index in [9.17, 15) is 0 Å². The van der Waals surface area contributed by atoms with Crippen molar-refractivity contribution in [2.45, 2.75) is 48.0 Å². The van der Waals surface area contributed by atoms with Crippen LogP contribution in [0.3, 0.4) is 0 Å². The molecule has 0 fully saturated rings. The molecule has 1 rings (SSSR count). The van der Waals surface area contributed by atoms with E-state index < -0.39 is 0 Å². The van der Waals surface area contributed by atoms with Crippen LogP contribution in [0.25, 0.3) is 0 Å². The molecular weight excluding hydrogens is 276 g/mol. The largest absolute Gasteiger partial charge is 0.358 e. The maximum atomic E-state index is 2.99. The van der Waals surface area contributed by atoms with E-state index in [4.69, 9.17) is 0 Å². The van der Waals surface area contributed by atoms with Gasteiger partial charge in [-0.2, -0.15) is 47.6 Å². The van der Waals surface area contributed by atoms with Crippen molar-refractivity contribution in [1.29, 1.82) is 0 Å². The molecule has 0 N–H and O–H groups in total. The first-order chi connectivity index (χ1) is 6.74. The summed E-state index contributed by atoms with van der Waals surface area (Å²) >= 11 is 0. The van der Waals surface area contributed by atoms with Crippen molar-refractivity contribution in [2.24, 2.45) is 0 Å². The van der Waals surface area contributed by atoms with Crippen LogP contribution in [0.5, 0.6) is 0 Å². The molecule has 0 spiro atoms. The smallest absolute Gasteiger partial charge is 0 e. The van der Waals surface area contributed by atoms with Gasteiger partial charge in [-0.3, -0.25) is 6.08 Å². The van der Waals surface area contributed by atoms with E-state index in [0.29, 0.717) is 0 Å². The van der Waals surface area contributed by atoms with Gasteiger partial charge in [0.25, 0.3) is 0 Å². The van der Waals surface area contributed by atoms with Gasteiger partial charge in [0.2, 0.25) is 0 Å². The zero-order valence-corrected chi connectivity index (χ0v) is 17.7. The molecule has 0 unspecified atom stereocenters. The van der Waals surface area contributed by atoms with E-state index in [2.05, 4.69) is 12.2 Å². The van der Waals surface area contributed by atoms with Gasteiger partial charge in [0.05, 0.1) is 0 Å². The van der Waals surface area contributed by atoms with E-state index in [1.165, 1.54) is 0 Å². The molecule has 0 aliphatic heterocycles. The Morgan fingerprint density at radius 1 is 0.700 bits per heavy atom. The fraction of sp³-hybridized carbons (Fsp3) is 0.368. The zero-order chi connectivity index (χ0) is 11.7. The summed E-state index contributed by atoms with van der Waals surface area (Å²) < 4.78 is 0. The summed E-state index contributed by atoms with van der Waals surface area (Å²) in [5, 5.41) is 0. The van der Waals surface area contributed by atoms with Crippen molar-refractivity contribution in [2.75, 3.05) is 0 Å². The van der Waals surface area contributed by atoms with Crippen LogP contribution in [0.4, 0.5) is 0 Å². The van der Waals surface area contributed by atoms with Crippen LogP contribution in [-0.2, 0) is 21.7 Å². The second kappa shape index (κ2) is 94.6. The van der Waals surface area contributed by atoms with Crippen molar-refractivity contribution >= 4 is 0 Å². The summed E-state index contributed by atoms with van der Waals surface area (Å²) in [5.41, 5.74) is 0. The predicted octanol–water partition coefficient (Wildman–Crippen LogP) is 7.25. The second-order valence-electron chi connectivity index (χ2n) is 2.74. The van der Waals surface area contributed by atoms with Crippen molar-refractivity contribution < 1.29 is 21.7 Å². The zero-order valence-electron chi connectivity index (χ0n) is 16.2. The van der Waals surface area contributed by atoms with E-state index >= 15 is 0 Å². The van der Waals surface area contributed by atoms with Crippen LogP contribution in [-0.4, -0.2) is 0 Å². The van der Waals surface area contributed by atoms with Gasteiger partial charge in [-0.1, -0.05) is 0 Å². The summed E-state index contributed by atoms with van der Waals surface area (Å²) in [4.78, 5) is 0. The maximum absolute atomic E-state index is 2.99. The van der Waals surface area contributed by atoms with Gasteiger partial charge in [-0.15, -0.1) is 6.42 Å². The van der Waals surface area contributed by atoms with Crippen LogP contribution in [0.2, 0.25) is 0 Å². The van der Waals surface area contributed by atoms with Crippen LogP contribution in [0, 0.1) is 62.5 Å². The number of allylic oxidation sites excluding steroid dienone is 4. The normalized spacial score (nSPS) is 7.10. The quantitative estimate of drug-likeness (QED) is 0.326. The first-order valence-corrected chi connectivity index (χ1v) is 5.18. The summed E-state index contributed by atoms with van der Waals surface area (Å²) in [7, 11) is 0. The topological polar surface area (TPSA) is 0 Å². The monoisotopic (exact) mass is 317 g/mol. The van der Waals surface area contributed by atoms with Crippen LogP contribution in [0.1, 0.15) is 48.0 Å². The molecule has 1 aliphatic carbocycles. The Kier molecular flexibility index (Phi) is 281. The molecule has 20 heavy (non-hydrogen) atoms. The SMILES string of the molecule is C[CH-]C.C[CH-]C.C[CH-]C.[C-]1=CC=CC1.[CH3-].[CH3-].[CH3-].[CH3-].[CH3-].[Ti]. The van der Waals surface area contributed by atoms with Crippen molar-refractivity contribution in [1.82, 2.24) is 0 Å². The molecule has 1 heteroatoms. The molecule has 0 atom stereocenters. The van der Waals surface area contributed by atoms with Gasteiger partial charge in [0.1, 0.15) is 0 Å². The van der Waals surface area contributed by atoms with Gasteiger partial charge in [-0.05, 0) is 0 Å². The minimum Gasteiger partial charge on any atom is -0.358 e. The average Bonchev–Trinajstić information content (AvgIpc) is 2.63. The van der Waals surface area contributed by atoms with E-state index in [1.807, 2.05) is 73.0 Å². The molecule has 0 saturated carbocycles. The molecule has 1 aliphatic rings.